The molecule has 2 aromatic carbocycles. The monoisotopic (exact) mass is 380 g/mol. The third kappa shape index (κ3) is 2.91. The molecule has 0 aromatic heterocycles. The number of rotatable bonds is 2. The van der Waals surface area contributed by atoms with E-state index in [0.717, 1.165) is 35.8 Å². The van der Waals surface area contributed by atoms with Crippen LogP contribution in [0.15, 0.2) is 70.9 Å². The number of hydrogen-bond acceptors (Lipinski definition) is 6. The van der Waals surface area contributed by atoms with Gasteiger partial charge >= 0.3 is 0 Å². The molecular formula is C20H20N4S2. The smallest absolute Gasteiger partial charge is 0.126 e. The molecule has 2 aromatic rings. The molecule has 5 rings (SSSR count). The molecule has 4 nitrogen and oxygen atoms in total. The lowest BCUT2D eigenvalue weighted by Crippen LogP contribution is -2.48. The predicted molar refractivity (Wildman–Crippen MR) is 111 cm³/mol. The molecule has 6 heteroatoms. The molecule has 26 heavy (non-hydrogen) atoms. The molecule has 1 aliphatic carbocycles. The van der Waals surface area contributed by atoms with Crippen LogP contribution in [0, 0.1) is 0 Å². The molecule has 0 saturated heterocycles. The zero-order chi connectivity index (χ0) is 17.5. The summed E-state index contributed by atoms with van der Waals surface area (Å²) in [6, 6.07) is 20.9. The van der Waals surface area contributed by atoms with Crippen molar-refractivity contribution in [1.29, 1.82) is 0 Å². The van der Waals surface area contributed by atoms with Crippen LogP contribution in [-0.4, -0.2) is 19.8 Å². The topological polar surface area (TPSA) is 48.8 Å². The van der Waals surface area contributed by atoms with Crippen molar-refractivity contribution in [3.63, 3.8) is 0 Å². The number of hydrazone groups is 2. The lowest BCUT2D eigenvalue weighted by atomic mass is 9.90. The Kier molecular flexibility index (Phi) is 3.98. The van der Waals surface area contributed by atoms with E-state index in [-0.39, 0.29) is 9.74 Å². The SMILES string of the molecule is c1ccc(C2=NNC3(CCC4(CC3)NN=C(c3ccccc3)S4)S2)cc1. The van der Waals surface area contributed by atoms with Crippen molar-refractivity contribution >= 4 is 33.6 Å². The van der Waals surface area contributed by atoms with Gasteiger partial charge in [-0.05, 0) is 25.7 Å². The summed E-state index contributed by atoms with van der Waals surface area (Å²) >= 11 is 3.78. The molecule has 1 fully saturated rings. The maximum Gasteiger partial charge on any atom is 0.126 e. The fraction of sp³-hybridized carbons (Fsp3) is 0.300. The first-order valence-electron chi connectivity index (χ1n) is 8.95. The van der Waals surface area contributed by atoms with Crippen LogP contribution >= 0.6 is 23.5 Å². The first-order valence-corrected chi connectivity index (χ1v) is 10.6. The van der Waals surface area contributed by atoms with E-state index in [4.69, 9.17) is 0 Å². The highest BCUT2D eigenvalue weighted by Crippen LogP contribution is 2.50. The Morgan fingerprint density at radius 2 is 1.00 bits per heavy atom. The van der Waals surface area contributed by atoms with Crippen molar-refractivity contribution in [3.05, 3.63) is 71.8 Å². The van der Waals surface area contributed by atoms with Crippen LogP contribution in [0.4, 0.5) is 0 Å². The number of benzene rings is 2. The van der Waals surface area contributed by atoms with Crippen molar-refractivity contribution < 1.29 is 0 Å². The van der Waals surface area contributed by atoms with Crippen LogP contribution in [0.1, 0.15) is 36.8 Å². The van der Waals surface area contributed by atoms with E-state index in [9.17, 15) is 0 Å². The lowest BCUT2D eigenvalue weighted by molar-refractivity contribution is 0.273. The minimum absolute atomic E-state index is 0.0359. The van der Waals surface area contributed by atoms with Crippen molar-refractivity contribution in [3.8, 4) is 0 Å². The summed E-state index contributed by atoms with van der Waals surface area (Å²) in [6.45, 7) is 0. The zero-order valence-electron chi connectivity index (χ0n) is 14.3. The van der Waals surface area contributed by atoms with Gasteiger partial charge in [0.1, 0.15) is 19.8 Å². The van der Waals surface area contributed by atoms with Crippen molar-refractivity contribution in [2.24, 2.45) is 10.2 Å². The maximum absolute atomic E-state index is 4.63. The molecule has 2 heterocycles. The molecule has 2 spiro atoms. The summed E-state index contributed by atoms with van der Waals surface area (Å²) in [5, 5.41) is 11.5. The number of hydrogen-bond donors (Lipinski definition) is 2. The summed E-state index contributed by atoms with van der Waals surface area (Å²) in [5.74, 6) is 0. The Bertz CT molecular complexity index is 782. The van der Waals surface area contributed by atoms with Gasteiger partial charge in [0.25, 0.3) is 0 Å². The second-order valence-electron chi connectivity index (χ2n) is 6.98. The van der Waals surface area contributed by atoms with Crippen LogP contribution in [0.25, 0.3) is 0 Å². The van der Waals surface area contributed by atoms with Gasteiger partial charge in [-0.2, -0.15) is 10.2 Å². The van der Waals surface area contributed by atoms with Crippen molar-refractivity contribution in [2.75, 3.05) is 0 Å². The van der Waals surface area contributed by atoms with Crippen molar-refractivity contribution in [2.45, 2.75) is 35.4 Å². The van der Waals surface area contributed by atoms with Gasteiger partial charge in [0.05, 0.1) is 0 Å². The minimum atomic E-state index is 0.0359. The van der Waals surface area contributed by atoms with Gasteiger partial charge < -0.3 is 0 Å². The van der Waals surface area contributed by atoms with Gasteiger partial charge in [0.2, 0.25) is 0 Å². The van der Waals surface area contributed by atoms with E-state index in [1.54, 1.807) is 0 Å². The Morgan fingerprint density at radius 3 is 1.38 bits per heavy atom. The van der Waals surface area contributed by atoms with Crippen LogP contribution in [0.5, 0.6) is 0 Å². The van der Waals surface area contributed by atoms with E-state index in [2.05, 4.69) is 69.6 Å². The molecule has 0 unspecified atom stereocenters. The first kappa shape index (κ1) is 16.3. The minimum Gasteiger partial charge on any atom is -0.292 e. The highest BCUT2D eigenvalue weighted by atomic mass is 32.2. The van der Waals surface area contributed by atoms with E-state index in [0.29, 0.717) is 0 Å². The van der Waals surface area contributed by atoms with Crippen LogP contribution in [0.3, 0.4) is 0 Å². The molecule has 0 amide bonds. The second kappa shape index (κ2) is 6.35. The average Bonchev–Trinajstić information content (AvgIpc) is 3.32. The Balaban J connectivity index is 1.24. The largest absolute Gasteiger partial charge is 0.292 e. The summed E-state index contributed by atoms with van der Waals surface area (Å²) in [7, 11) is 0. The van der Waals surface area contributed by atoms with Crippen molar-refractivity contribution in [1.82, 2.24) is 10.9 Å². The number of nitrogens with one attached hydrogen (secondary N) is 2. The maximum atomic E-state index is 4.63. The fourth-order valence-electron chi connectivity index (χ4n) is 3.66. The molecule has 2 aliphatic heterocycles. The van der Waals surface area contributed by atoms with E-state index < -0.39 is 0 Å². The van der Waals surface area contributed by atoms with E-state index in [1.165, 1.54) is 11.1 Å². The molecular weight excluding hydrogens is 360 g/mol. The van der Waals surface area contributed by atoms with Gasteiger partial charge in [0.15, 0.2) is 0 Å². The second-order valence-corrected chi connectivity index (χ2v) is 9.73. The van der Waals surface area contributed by atoms with Gasteiger partial charge in [-0.15, -0.1) is 0 Å². The summed E-state index contributed by atoms with van der Waals surface area (Å²) in [6.07, 6.45) is 4.31. The molecule has 1 saturated carbocycles. The third-order valence-electron chi connectivity index (χ3n) is 5.21. The Morgan fingerprint density at radius 1 is 0.615 bits per heavy atom. The van der Waals surface area contributed by atoms with E-state index in [1.807, 2.05) is 35.7 Å². The summed E-state index contributed by atoms with van der Waals surface area (Å²) in [4.78, 5) is 0.0718. The van der Waals surface area contributed by atoms with Crippen LogP contribution in [-0.2, 0) is 0 Å². The Hall–Kier alpha value is -1.92. The highest BCUT2D eigenvalue weighted by molar-refractivity contribution is 8.16. The fourth-order valence-corrected chi connectivity index (χ4v) is 6.09. The van der Waals surface area contributed by atoms with E-state index >= 15 is 0 Å². The molecule has 0 radical (unpaired) electrons. The predicted octanol–water partition coefficient (Wildman–Crippen LogP) is 4.35. The lowest BCUT2D eigenvalue weighted by Gasteiger charge is -2.40. The number of thioether (sulfide) groups is 2. The van der Waals surface area contributed by atoms with Gasteiger partial charge in [-0.25, -0.2) is 0 Å². The van der Waals surface area contributed by atoms with Gasteiger partial charge in [-0.3, -0.25) is 10.9 Å². The standard InChI is InChI=1S/C20H20N4S2/c1-3-7-15(8-4-1)17-21-23-19(25-17)11-13-20(14-12-19)24-22-18(26-20)16-9-5-2-6-10-16/h1-10,23-24H,11-14H2. The Labute approximate surface area is 161 Å². The highest BCUT2D eigenvalue weighted by Gasteiger charge is 2.49. The molecule has 132 valence electrons. The van der Waals surface area contributed by atoms with Crippen LogP contribution in [0.2, 0.25) is 0 Å². The first-order chi connectivity index (χ1) is 12.8. The number of nitrogens with zero attached hydrogens (tertiary/aromatic N) is 2. The normalized spacial score (nSPS) is 30.0. The molecule has 3 aliphatic rings. The van der Waals surface area contributed by atoms with Crippen LogP contribution < -0.4 is 10.9 Å². The summed E-state index contributed by atoms with van der Waals surface area (Å²) in [5.41, 5.74) is 9.29. The zero-order valence-corrected chi connectivity index (χ0v) is 15.9. The third-order valence-corrected chi connectivity index (χ3v) is 8.03. The molecule has 0 bridgehead atoms. The molecule has 0 atom stereocenters. The summed E-state index contributed by atoms with van der Waals surface area (Å²) < 4.78 is 0. The quantitative estimate of drug-likeness (QED) is 0.813. The van der Waals surface area contributed by atoms with Gasteiger partial charge in [0, 0.05) is 11.1 Å². The average molecular weight is 381 g/mol. The molecule has 2 N–H and O–H groups in total. The van der Waals surface area contributed by atoms with Gasteiger partial charge in [-0.1, -0.05) is 84.2 Å².